The summed E-state index contributed by atoms with van der Waals surface area (Å²) in [4.78, 5) is 0. The van der Waals surface area contributed by atoms with Crippen molar-refractivity contribution in [3.8, 4) is 0 Å². The van der Waals surface area contributed by atoms with Gasteiger partial charge >= 0.3 is 0 Å². The predicted octanol–water partition coefficient (Wildman–Crippen LogP) is 2.20. The molecule has 3 fully saturated rings. The van der Waals surface area contributed by atoms with E-state index in [1.807, 2.05) is 0 Å². The average molecular weight is 108 g/mol. The van der Waals surface area contributed by atoms with E-state index >= 15 is 0 Å². The summed E-state index contributed by atoms with van der Waals surface area (Å²) in [5.74, 6) is 2.45. The summed E-state index contributed by atoms with van der Waals surface area (Å²) in [5, 5.41) is 0. The zero-order valence-electron chi connectivity index (χ0n) is 5.19. The van der Waals surface area contributed by atoms with Crippen molar-refractivity contribution in [3.05, 3.63) is 0 Å². The molecule has 0 aromatic heterocycles. The van der Waals surface area contributed by atoms with Gasteiger partial charge in [-0.2, -0.15) is 0 Å². The minimum atomic E-state index is 1.00. The highest BCUT2D eigenvalue weighted by atomic mass is 14.7. The Labute approximate surface area is 50.3 Å². The van der Waals surface area contributed by atoms with E-state index in [1.165, 1.54) is 11.8 Å². The van der Waals surface area contributed by atoms with Crippen LogP contribution in [-0.4, -0.2) is 0 Å². The average Bonchev–Trinajstić information content (AvgIpc) is 1.98. The molecule has 0 N–H and O–H groups in total. The van der Waals surface area contributed by atoms with Crippen LogP contribution in [0.2, 0.25) is 0 Å². The third-order valence-corrected chi connectivity index (χ3v) is 3.86. The van der Waals surface area contributed by atoms with Crippen molar-refractivity contribution in [1.82, 2.24) is 0 Å². The SMILES string of the molecule is C1CC2CC3CC23C1. The van der Waals surface area contributed by atoms with E-state index in [1.54, 1.807) is 32.1 Å². The fourth-order valence-electron chi connectivity index (χ4n) is 3.23. The molecule has 0 aromatic carbocycles. The molecule has 3 unspecified atom stereocenters. The van der Waals surface area contributed by atoms with Crippen LogP contribution < -0.4 is 0 Å². The van der Waals surface area contributed by atoms with Crippen molar-refractivity contribution >= 4 is 0 Å². The van der Waals surface area contributed by atoms with Crippen LogP contribution in [0.25, 0.3) is 0 Å². The lowest BCUT2D eigenvalue weighted by atomic mass is 9.76. The molecule has 0 amide bonds. The Hall–Kier alpha value is 0. The predicted molar refractivity (Wildman–Crippen MR) is 32.5 cm³/mol. The van der Waals surface area contributed by atoms with Crippen molar-refractivity contribution in [2.24, 2.45) is 17.3 Å². The molecule has 0 aromatic rings. The van der Waals surface area contributed by atoms with Crippen LogP contribution in [0.4, 0.5) is 0 Å². The molecule has 0 heterocycles. The smallest absolute Gasteiger partial charge is 0.0238 e. The minimum Gasteiger partial charge on any atom is -0.0525 e. The molecular weight excluding hydrogens is 96.1 g/mol. The Balaban J connectivity index is 2.01. The highest BCUT2D eigenvalue weighted by molar-refractivity contribution is 5.17. The molecular formula is C8H12. The van der Waals surface area contributed by atoms with Gasteiger partial charge in [-0.1, -0.05) is 6.42 Å². The largest absolute Gasteiger partial charge is 0.0525 e. The first kappa shape index (κ1) is 3.92. The van der Waals surface area contributed by atoms with Crippen molar-refractivity contribution in [1.29, 1.82) is 0 Å². The maximum atomic E-state index is 1.62. The molecule has 3 rings (SSSR count). The molecule has 0 radical (unpaired) electrons. The van der Waals surface area contributed by atoms with Crippen LogP contribution in [0.1, 0.15) is 32.1 Å². The number of rotatable bonds is 0. The topological polar surface area (TPSA) is 0 Å². The molecule has 0 heteroatoms. The molecule has 3 aliphatic carbocycles. The molecule has 8 heavy (non-hydrogen) atoms. The lowest BCUT2D eigenvalue weighted by Crippen LogP contribution is -2.21. The van der Waals surface area contributed by atoms with E-state index in [4.69, 9.17) is 0 Å². The maximum Gasteiger partial charge on any atom is -0.0238 e. The van der Waals surface area contributed by atoms with Crippen LogP contribution in [0.15, 0.2) is 0 Å². The van der Waals surface area contributed by atoms with E-state index in [2.05, 4.69) is 0 Å². The lowest BCUT2D eigenvalue weighted by molar-refractivity contribution is 0.200. The monoisotopic (exact) mass is 108 g/mol. The van der Waals surface area contributed by atoms with Gasteiger partial charge < -0.3 is 0 Å². The number of hydrogen-bond donors (Lipinski definition) is 0. The van der Waals surface area contributed by atoms with Gasteiger partial charge in [0, 0.05) is 0 Å². The second-order valence-electron chi connectivity index (χ2n) is 3.96. The van der Waals surface area contributed by atoms with Crippen LogP contribution >= 0.6 is 0 Å². The summed E-state index contributed by atoms with van der Waals surface area (Å²) in [7, 11) is 0. The van der Waals surface area contributed by atoms with E-state index < -0.39 is 0 Å². The lowest BCUT2D eigenvalue weighted by Gasteiger charge is -2.29. The molecule has 44 valence electrons. The van der Waals surface area contributed by atoms with Gasteiger partial charge in [0.25, 0.3) is 0 Å². The van der Waals surface area contributed by atoms with Gasteiger partial charge in [0.2, 0.25) is 0 Å². The Morgan fingerprint density at radius 3 is 2.75 bits per heavy atom. The minimum absolute atomic E-state index is 1.00. The van der Waals surface area contributed by atoms with Gasteiger partial charge in [0.15, 0.2) is 0 Å². The van der Waals surface area contributed by atoms with E-state index in [-0.39, 0.29) is 0 Å². The highest BCUT2D eigenvalue weighted by Gasteiger charge is 2.68. The molecule has 1 spiro atoms. The Kier molecular flexibility index (Phi) is 0.427. The molecule has 0 bridgehead atoms. The molecule has 3 atom stereocenters. The van der Waals surface area contributed by atoms with Crippen molar-refractivity contribution in [3.63, 3.8) is 0 Å². The Morgan fingerprint density at radius 1 is 1.25 bits per heavy atom. The normalized spacial score (nSPS) is 66.0. The molecule has 3 aliphatic rings. The maximum absolute atomic E-state index is 1.62. The first-order chi connectivity index (χ1) is 3.92. The Morgan fingerprint density at radius 2 is 2.25 bits per heavy atom. The first-order valence-corrected chi connectivity index (χ1v) is 3.92. The summed E-state index contributed by atoms with van der Waals surface area (Å²) in [5.41, 5.74) is 1.00. The number of hydrogen-bond acceptors (Lipinski definition) is 0. The van der Waals surface area contributed by atoms with Gasteiger partial charge in [0.05, 0.1) is 0 Å². The van der Waals surface area contributed by atoms with Crippen molar-refractivity contribution in [2.45, 2.75) is 32.1 Å². The van der Waals surface area contributed by atoms with Gasteiger partial charge in [-0.05, 0) is 42.9 Å². The first-order valence-electron chi connectivity index (χ1n) is 3.92. The van der Waals surface area contributed by atoms with Crippen LogP contribution in [0, 0.1) is 17.3 Å². The van der Waals surface area contributed by atoms with Gasteiger partial charge in [-0.15, -0.1) is 0 Å². The van der Waals surface area contributed by atoms with Crippen molar-refractivity contribution in [2.75, 3.05) is 0 Å². The van der Waals surface area contributed by atoms with Gasteiger partial charge in [-0.3, -0.25) is 0 Å². The Bertz CT molecular complexity index is 135. The molecule has 0 saturated heterocycles. The molecule has 0 nitrogen and oxygen atoms in total. The zero-order chi connectivity index (χ0) is 5.19. The summed E-state index contributed by atoms with van der Waals surface area (Å²) in [6, 6.07) is 0. The standard InChI is InChI=1S/C8H12/c1-2-6-4-7-5-8(6,7)3-1/h6-7H,1-5H2. The highest BCUT2D eigenvalue weighted by Crippen LogP contribution is 2.77. The quantitative estimate of drug-likeness (QED) is 0.446. The second-order valence-corrected chi connectivity index (χ2v) is 3.96. The zero-order valence-corrected chi connectivity index (χ0v) is 5.19. The van der Waals surface area contributed by atoms with Crippen LogP contribution in [0.5, 0.6) is 0 Å². The summed E-state index contributed by atoms with van der Waals surface area (Å²) >= 11 is 0. The van der Waals surface area contributed by atoms with E-state index in [0.717, 1.165) is 5.41 Å². The third kappa shape index (κ3) is 0.222. The molecule has 3 saturated carbocycles. The summed E-state index contributed by atoms with van der Waals surface area (Å²) < 4.78 is 0. The van der Waals surface area contributed by atoms with E-state index in [0.29, 0.717) is 0 Å². The summed E-state index contributed by atoms with van der Waals surface area (Å²) in [6.07, 6.45) is 7.97. The summed E-state index contributed by atoms with van der Waals surface area (Å²) in [6.45, 7) is 0. The third-order valence-electron chi connectivity index (χ3n) is 3.86. The van der Waals surface area contributed by atoms with E-state index in [9.17, 15) is 0 Å². The fourth-order valence-corrected chi connectivity index (χ4v) is 3.23. The van der Waals surface area contributed by atoms with Crippen molar-refractivity contribution < 1.29 is 0 Å². The second kappa shape index (κ2) is 0.872. The van der Waals surface area contributed by atoms with Crippen LogP contribution in [-0.2, 0) is 0 Å². The van der Waals surface area contributed by atoms with Gasteiger partial charge in [-0.25, -0.2) is 0 Å². The fraction of sp³-hybridized carbons (Fsp3) is 1.00. The molecule has 0 aliphatic heterocycles. The van der Waals surface area contributed by atoms with Crippen LogP contribution in [0.3, 0.4) is 0 Å². The van der Waals surface area contributed by atoms with Gasteiger partial charge in [0.1, 0.15) is 0 Å².